The summed E-state index contributed by atoms with van der Waals surface area (Å²) in [5.74, 6) is 0.401. The summed E-state index contributed by atoms with van der Waals surface area (Å²) < 4.78 is 5.43. The first-order chi connectivity index (χ1) is 13.1. The molecule has 0 fully saturated rings. The standard InChI is InChI=1S/C23H26N2O2/c1-4-25(5-2)16-17-10-12-20(13-11-17)24-23(26)21-14-18-8-6-7-9-19(18)15-22(21)27-3/h6-15H,4-5,16H2,1-3H3,(H,24,26). The van der Waals surface area contributed by atoms with Crippen molar-refractivity contribution in [1.82, 2.24) is 4.90 Å². The van der Waals surface area contributed by atoms with Crippen LogP contribution in [0.4, 0.5) is 5.69 Å². The summed E-state index contributed by atoms with van der Waals surface area (Å²) in [6.45, 7) is 7.29. The summed E-state index contributed by atoms with van der Waals surface area (Å²) in [4.78, 5) is 15.1. The zero-order valence-electron chi connectivity index (χ0n) is 16.2. The van der Waals surface area contributed by atoms with Crippen molar-refractivity contribution in [2.45, 2.75) is 20.4 Å². The van der Waals surface area contributed by atoms with Crippen LogP contribution in [0, 0.1) is 0 Å². The van der Waals surface area contributed by atoms with Gasteiger partial charge in [0.05, 0.1) is 12.7 Å². The van der Waals surface area contributed by atoms with Crippen LogP contribution in [0.3, 0.4) is 0 Å². The van der Waals surface area contributed by atoms with Crippen molar-refractivity contribution in [3.05, 3.63) is 71.8 Å². The van der Waals surface area contributed by atoms with Gasteiger partial charge in [0.25, 0.3) is 5.91 Å². The highest BCUT2D eigenvalue weighted by atomic mass is 16.5. The number of methoxy groups -OCH3 is 1. The predicted octanol–water partition coefficient (Wildman–Crippen LogP) is 4.94. The molecule has 0 aliphatic rings. The first-order valence-corrected chi connectivity index (χ1v) is 9.34. The Morgan fingerprint density at radius 2 is 1.59 bits per heavy atom. The lowest BCUT2D eigenvalue weighted by molar-refractivity contribution is 0.102. The number of amides is 1. The highest BCUT2D eigenvalue weighted by molar-refractivity contribution is 6.08. The molecule has 0 saturated carbocycles. The van der Waals surface area contributed by atoms with Gasteiger partial charge in [-0.3, -0.25) is 9.69 Å². The molecular formula is C23H26N2O2. The molecule has 0 unspecified atom stereocenters. The van der Waals surface area contributed by atoms with Gasteiger partial charge in [0.1, 0.15) is 5.75 Å². The van der Waals surface area contributed by atoms with Crippen molar-refractivity contribution in [2.75, 3.05) is 25.5 Å². The predicted molar refractivity (Wildman–Crippen MR) is 112 cm³/mol. The number of fused-ring (bicyclic) bond motifs is 1. The summed E-state index contributed by atoms with van der Waals surface area (Å²) in [7, 11) is 1.59. The van der Waals surface area contributed by atoms with E-state index in [0.29, 0.717) is 11.3 Å². The highest BCUT2D eigenvalue weighted by Gasteiger charge is 2.14. The lowest BCUT2D eigenvalue weighted by Gasteiger charge is -2.18. The van der Waals surface area contributed by atoms with Crippen molar-refractivity contribution < 1.29 is 9.53 Å². The van der Waals surface area contributed by atoms with Crippen molar-refractivity contribution >= 4 is 22.4 Å². The van der Waals surface area contributed by atoms with Crippen LogP contribution < -0.4 is 10.1 Å². The first-order valence-electron chi connectivity index (χ1n) is 9.34. The summed E-state index contributed by atoms with van der Waals surface area (Å²) in [6, 6.07) is 19.7. The van der Waals surface area contributed by atoms with E-state index in [-0.39, 0.29) is 5.91 Å². The highest BCUT2D eigenvalue weighted by Crippen LogP contribution is 2.27. The lowest BCUT2D eigenvalue weighted by atomic mass is 10.1. The molecule has 3 rings (SSSR count). The molecule has 0 spiro atoms. The number of nitrogens with one attached hydrogen (secondary N) is 1. The van der Waals surface area contributed by atoms with Gasteiger partial charge in [0.15, 0.2) is 0 Å². The van der Waals surface area contributed by atoms with Gasteiger partial charge in [-0.15, -0.1) is 0 Å². The molecule has 0 aromatic heterocycles. The van der Waals surface area contributed by atoms with E-state index >= 15 is 0 Å². The number of rotatable bonds is 7. The maximum absolute atomic E-state index is 12.8. The van der Waals surface area contributed by atoms with E-state index in [9.17, 15) is 4.79 Å². The number of carbonyl (C=O) groups excluding carboxylic acids is 1. The summed E-state index contributed by atoms with van der Waals surface area (Å²) in [6.07, 6.45) is 0. The van der Waals surface area contributed by atoms with Crippen LogP contribution in [0.2, 0.25) is 0 Å². The summed E-state index contributed by atoms with van der Waals surface area (Å²) in [5, 5.41) is 5.03. The smallest absolute Gasteiger partial charge is 0.259 e. The molecule has 1 N–H and O–H groups in total. The van der Waals surface area contributed by atoms with Gasteiger partial charge in [-0.1, -0.05) is 50.2 Å². The van der Waals surface area contributed by atoms with Crippen LogP contribution in [-0.2, 0) is 6.54 Å². The minimum atomic E-state index is -0.172. The van der Waals surface area contributed by atoms with Crippen LogP contribution in [0.25, 0.3) is 10.8 Å². The van der Waals surface area contributed by atoms with Crippen molar-refractivity contribution in [1.29, 1.82) is 0 Å². The molecule has 3 aromatic rings. The topological polar surface area (TPSA) is 41.6 Å². The Morgan fingerprint density at radius 3 is 2.19 bits per heavy atom. The molecule has 4 nitrogen and oxygen atoms in total. The zero-order valence-corrected chi connectivity index (χ0v) is 16.2. The molecule has 27 heavy (non-hydrogen) atoms. The number of nitrogens with zero attached hydrogens (tertiary/aromatic N) is 1. The maximum Gasteiger partial charge on any atom is 0.259 e. The molecule has 140 valence electrons. The van der Waals surface area contributed by atoms with Crippen LogP contribution in [0.15, 0.2) is 60.7 Å². The van der Waals surface area contributed by atoms with E-state index in [1.807, 2.05) is 48.5 Å². The van der Waals surface area contributed by atoms with E-state index < -0.39 is 0 Å². The van der Waals surface area contributed by atoms with Gasteiger partial charge < -0.3 is 10.1 Å². The fourth-order valence-electron chi connectivity index (χ4n) is 3.16. The molecule has 0 bridgehead atoms. The average molecular weight is 362 g/mol. The second-order valence-electron chi connectivity index (χ2n) is 6.51. The molecule has 0 radical (unpaired) electrons. The molecule has 4 heteroatoms. The van der Waals surface area contributed by atoms with E-state index in [4.69, 9.17) is 4.74 Å². The van der Waals surface area contributed by atoms with Gasteiger partial charge in [-0.2, -0.15) is 0 Å². The van der Waals surface area contributed by atoms with E-state index in [0.717, 1.165) is 36.1 Å². The Morgan fingerprint density at radius 1 is 0.963 bits per heavy atom. The molecular weight excluding hydrogens is 336 g/mol. The molecule has 0 saturated heterocycles. The molecule has 1 amide bonds. The van der Waals surface area contributed by atoms with E-state index in [1.54, 1.807) is 7.11 Å². The van der Waals surface area contributed by atoms with Gasteiger partial charge in [-0.25, -0.2) is 0 Å². The largest absolute Gasteiger partial charge is 0.496 e. The van der Waals surface area contributed by atoms with E-state index in [1.165, 1.54) is 5.56 Å². The minimum Gasteiger partial charge on any atom is -0.496 e. The van der Waals surface area contributed by atoms with Crippen LogP contribution >= 0.6 is 0 Å². The summed E-state index contributed by atoms with van der Waals surface area (Å²) >= 11 is 0. The van der Waals surface area contributed by atoms with Crippen LogP contribution in [-0.4, -0.2) is 31.0 Å². The number of anilines is 1. The third-order valence-electron chi connectivity index (χ3n) is 4.82. The molecule has 0 heterocycles. The lowest BCUT2D eigenvalue weighted by Crippen LogP contribution is -2.22. The Hall–Kier alpha value is -2.85. The van der Waals surface area contributed by atoms with Crippen molar-refractivity contribution in [3.8, 4) is 5.75 Å². The fourth-order valence-corrected chi connectivity index (χ4v) is 3.16. The third kappa shape index (κ3) is 4.47. The SMILES string of the molecule is CCN(CC)Cc1ccc(NC(=O)c2cc3ccccc3cc2OC)cc1. The second-order valence-corrected chi connectivity index (χ2v) is 6.51. The normalized spacial score (nSPS) is 11.0. The van der Waals surface area contributed by atoms with Crippen LogP contribution in [0.5, 0.6) is 5.75 Å². The number of benzene rings is 3. The molecule has 0 aliphatic heterocycles. The minimum absolute atomic E-state index is 0.172. The zero-order chi connectivity index (χ0) is 19.2. The monoisotopic (exact) mass is 362 g/mol. The molecule has 0 atom stereocenters. The van der Waals surface area contributed by atoms with Crippen molar-refractivity contribution in [2.24, 2.45) is 0 Å². The maximum atomic E-state index is 12.8. The average Bonchev–Trinajstić information content (AvgIpc) is 2.72. The van der Waals surface area contributed by atoms with Gasteiger partial charge >= 0.3 is 0 Å². The Balaban J connectivity index is 1.78. The van der Waals surface area contributed by atoms with Crippen molar-refractivity contribution in [3.63, 3.8) is 0 Å². The van der Waals surface area contributed by atoms with Gasteiger partial charge in [0, 0.05) is 12.2 Å². The molecule has 0 aliphatic carbocycles. The molecule has 3 aromatic carbocycles. The van der Waals surface area contributed by atoms with E-state index in [2.05, 4.69) is 36.2 Å². The quantitative estimate of drug-likeness (QED) is 0.647. The summed E-state index contributed by atoms with van der Waals surface area (Å²) in [5.41, 5.74) is 2.54. The van der Waals surface area contributed by atoms with Gasteiger partial charge in [0.2, 0.25) is 0 Å². The van der Waals surface area contributed by atoms with Gasteiger partial charge in [-0.05, 0) is 53.7 Å². The first kappa shape index (κ1) is 18.9. The Labute approximate surface area is 160 Å². The number of hydrogen-bond acceptors (Lipinski definition) is 3. The fraction of sp³-hybridized carbons (Fsp3) is 0.261. The Bertz CT molecular complexity index is 915. The Kier molecular flexibility index (Phi) is 6.09. The number of carbonyl (C=O) groups is 1. The third-order valence-corrected chi connectivity index (χ3v) is 4.82. The number of ether oxygens (including phenoxy) is 1. The van der Waals surface area contributed by atoms with Crippen LogP contribution in [0.1, 0.15) is 29.8 Å². The second kappa shape index (κ2) is 8.69. The number of hydrogen-bond donors (Lipinski definition) is 1.